The van der Waals surface area contributed by atoms with Gasteiger partial charge in [-0.05, 0) is 17.9 Å². The second kappa shape index (κ2) is 6.55. The largest absolute Gasteiger partial charge is 0.384 e. The fraction of sp³-hybridized carbons (Fsp3) is 0.462. The monoisotopic (exact) mass is 265 g/mol. The highest BCUT2D eigenvalue weighted by molar-refractivity contribution is 7.12. The molecular formula is C13H15NO3S. The van der Waals surface area contributed by atoms with Gasteiger partial charge < -0.3 is 15.2 Å². The third-order valence-electron chi connectivity index (χ3n) is 2.75. The van der Waals surface area contributed by atoms with E-state index in [2.05, 4.69) is 17.2 Å². The molecule has 0 bridgehead atoms. The number of ether oxygens (including phenoxy) is 1. The van der Waals surface area contributed by atoms with Crippen LogP contribution in [0.4, 0.5) is 0 Å². The SMILES string of the molecule is O=C(NCC1CCOC1)c1sccc1C#CCO. The van der Waals surface area contributed by atoms with Gasteiger partial charge in [0, 0.05) is 24.6 Å². The number of carbonyl (C=O) groups excluding carboxylic acids is 1. The van der Waals surface area contributed by atoms with Gasteiger partial charge in [0.15, 0.2) is 0 Å². The van der Waals surface area contributed by atoms with E-state index in [1.165, 1.54) is 11.3 Å². The number of amides is 1. The molecule has 96 valence electrons. The van der Waals surface area contributed by atoms with Crippen molar-refractivity contribution < 1.29 is 14.6 Å². The molecule has 5 heteroatoms. The molecule has 1 unspecified atom stereocenters. The van der Waals surface area contributed by atoms with Crippen molar-refractivity contribution >= 4 is 17.2 Å². The van der Waals surface area contributed by atoms with Crippen LogP contribution in [0, 0.1) is 17.8 Å². The minimum atomic E-state index is -0.198. The van der Waals surface area contributed by atoms with Gasteiger partial charge in [-0.3, -0.25) is 4.79 Å². The second-order valence-corrected chi connectivity index (χ2v) is 4.98. The summed E-state index contributed by atoms with van der Waals surface area (Å²) in [5.41, 5.74) is 0.675. The standard InChI is InChI=1S/C13H15NO3S/c15-5-1-2-11-4-7-18-12(11)13(16)14-8-10-3-6-17-9-10/h4,7,10,15H,3,5-6,8-9H2,(H,14,16). The maximum Gasteiger partial charge on any atom is 0.262 e. The van der Waals surface area contributed by atoms with Crippen molar-refractivity contribution in [2.75, 3.05) is 26.4 Å². The molecule has 1 saturated heterocycles. The Hall–Kier alpha value is -1.35. The summed E-state index contributed by atoms with van der Waals surface area (Å²) >= 11 is 1.36. The molecule has 1 aromatic rings. The molecule has 1 aliphatic rings. The first kappa shape index (κ1) is 13.1. The molecule has 1 fully saturated rings. The van der Waals surface area contributed by atoms with E-state index < -0.39 is 0 Å². The van der Waals surface area contributed by atoms with Crippen LogP contribution >= 0.6 is 11.3 Å². The molecule has 2 N–H and O–H groups in total. The Bertz CT molecular complexity index is 466. The van der Waals surface area contributed by atoms with Crippen LogP contribution in [0.2, 0.25) is 0 Å². The topological polar surface area (TPSA) is 58.6 Å². The van der Waals surface area contributed by atoms with E-state index >= 15 is 0 Å². The molecule has 0 aliphatic carbocycles. The van der Waals surface area contributed by atoms with Crippen LogP contribution in [0.15, 0.2) is 11.4 Å². The normalized spacial score (nSPS) is 18.2. The number of rotatable bonds is 3. The highest BCUT2D eigenvalue weighted by Crippen LogP contribution is 2.16. The molecule has 0 saturated carbocycles. The van der Waals surface area contributed by atoms with Crippen molar-refractivity contribution in [2.24, 2.45) is 5.92 Å². The summed E-state index contributed by atoms with van der Waals surface area (Å²) in [5.74, 6) is 5.65. The Kier molecular flexibility index (Phi) is 4.76. The van der Waals surface area contributed by atoms with Crippen molar-refractivity contribution in [1.82, 2.24) is 5.32 Å². The lowest BCUT2D eigenvalue weighted by Gasteiger charge is -2.08. The second-order valence-electron chi connectivity index (χ2n) is 4.06. The Balaban J connectivity index is 1.93. The molecule has 4 nitrogen and oxygen atoms in total. The summed E-state index contributed by atoms with van der Waals surface area (Å²) < 4.78 is 5.26. The van der Waals surface area contributed by atoms with E-state index in [9.17, 15) is 4.79 Å². The molecule has 1 aliphatic heterocycles. The lowest BCUT2D eigenvalue weighted by atomic mass is 10.1. The number of hydrogen-bond acceptors (Lipinski definition) is 4. The number of hydrogen-bond donors (Lipinski definition) is 2. The van der Waals surface area contributed by atoms with Gasteiger partial charge in [0.2, 0.25) is 0 Å². The fourth-order valence-corrected chi connectivity index (χ4v) is 2.55. The summed E-state index contributed by atoms with van der Waals surface area (Å²) in [5, 5.41) is 13.4. The number of aliphatic hydroxyl groups excluding tert-OH is 1. The molecule has 1 amide bonds. The summed E-state index contributed by atoms with van der Waals surface area (Å²) in [6.07, 6.45) is 1.00. The molecule has 2 rings (SSSR count). The molecule has 18 heavy (non-hydrogen) atoms. The summed E-state index contributed by atoms with van der Waals surface area (Å²) in [6.45, 7) is 1.95. The lowest BCUT2D eigenvalue weighted by molar-refractivity contribution is 0.0949. The van der Waals surface area contributed by atoms with Crippen LogP contribution in [0.3, 0.4) is 0 Å². The highest BCUT2D eigenvalue weighted by atomic mass is 32.1. The van der Waals surface area contributed by atoms with Gasteiger partial charge in [0.05, 0.1) is 6.61 Å². The molecule has 1 aromatic heterocycles. The number of nitrogens with one attached hydrogen (secondary N) is 1. The van der Waals surface area contributed by atoms with Gasteiger partial charge >= 0.3 is 0 Å². The van der Waals surface area contributed by atoms with Crippen molar-refractivity contribution in [3.05, 3.63) is 21.9 Å². The Morgan fingerprint density at radius 3 is 3.28 bits per heavy atom. The van der Waals surface area contributed by atoms with Crippen molar-refractivity contribution in [3.8, 4) is 11.8 Å². The zero-order valence-electron chi connectivity index (χ0n) is 9.94. The smallest absolute Gasteiger partial charge is 0.262 e. The van der Waals surface area contributed by atoms with Crippen molar-refractivity contribution in [3.63, 3.8) is 0 Å². The predicted octanol–water partition coefficient (Wildman–Crippen LogP) is 0.858. The van der Waals surface area contributed by atoms with E-state index in [4.69, 9.17) is 9.84 Å². The van der Waals surface area contributed by atoms with Crippen molar-refractivity contribution in [1.29, 1.82) is 0 Å². The van der Waals surface area contributed by atoms with E-state index in [-0.39, 0.29) is 12.5 Å². The zero-order chi connectivity index (χ0) is 12.8. The van der Waals surface area contributed by atoms with Gasteiger partial charge in [-0.15, -0.1) is 11.3 Å². The van der Waals surface area contributed by atoms with E-state index in [0.29, 0.717) is 22.9 Å². The van der Waals surface area contributed by atoms with Crippen molar-refractivity contribution in [2.45, 2.75) is 6.42 Å². The average molecular weight is 265 g/mol. The highest BCUT2D eigenvalue weighted by Gasteiger charge is 2.18. The van der Waals surface area contributed by atoms with Crippen LogP contribution < -0.4 is 5.32 Å². The van der Waals surface area contributed by atoms with Gasteiger partial charge in [0.1, 0.15) is 11.5 Å². The number of carbonyl (C=O) groups is 1. The Morgan fingerprint density at radius 2 is 2.56 bits per heavy atom. The molecule has 1 atom stereocenters. The van der Waals surface area contributed by atoms with E-state index in [0.717, 1.165) is 19.6 Å². The number of thiophene rings is 1. The van der Waals surface area contributed by atoms with Crippen LogP contribution in [-0.4, -0.2) is 37.4 Å². The summed E-state index contributed by atoms with van der Waals surface area (Å²) in [6, 6.07) is 1.79. The first-order valence-corrected chi connectivity index (χ1v) is 6.72. The third kappa shape index (κ3) is 3.33. The molecular weight excluding hydrogens is 250 g/mol. The first-order valence-electron chi connectivity index (χ1n) is 5.84. The van der Waals surface area contributed by atoms with Crippen LogP contribution in [0.5, 0.6) is 0 Å². The quantitative estimate of drug-likeness (QED) is 0.797. The molecule has 2 heterocycles. The maximum atomic E-state index is 12.0. The molecule has 0 radical (unpaired) electrons. The summed E-state index contributed by atoms with van der Waals surface area (Å²) in [7, 11) is 0. The van der Waals surface area contributed by atoms with Gasteiger partial charge in [0.25, 0.3) is 5.91 Å². The fourth-order valence-electron chi connectivity index (χ4n) is 1.78. The minimum absolute atomic E-state index is 0.0980. The van der Waals surface area contributed by atoms with E-state index in [1.54, 1.807) is 6.07 Å². The molecule has 0 spiro atoms. The predicted molar refractivity (Wildman–Crippen MR) is 69.5 cm³/mol. The lowest BCUT2D eigenvalue weighted by Crippen LogP contribution is -2.29. The zero-order valence-corrected chi connectivity index (χ0v) is 10.8. The Labute approximate surface area is 110 Å². The third-order valence-corrected chi connectivity index (χ3v) is 3.66. The average Bonchev–Trinajstić information content (AvgIpc) is 3.04. The number of aliphatic hydroxyl groups is 1. The van der Waals surface area contributed by atoms with Crippen LogP contribution in [-0.2, 0) is 4.74 Å². The van der Waals surface area contributed by atoms with Gasteiger partial charge in [-0.25, -0.2) is 0 Å². The van der Waals surface area contributed by atoms with E-state index in [1.807, 2.05) is 5.38 Å². The van der Waals surface area contributed by atoms with Gasteiger partial charge in [-0.2, -0.15) is 0 Å². The summed E-state index contributed by atoms with van der Waals surface area (Å²) in [4.78, 5) is 12.6. The first-order chi connectivity index (χ1) is 8.81. The molecule has 0 aromatic carbocycles. The van der Waals surface area contributed by atoms with Gasteiger partial charge in [-0.1, -0.05) is 11.8 Å². The Morgan fingerprint density at radius 1 is 1.67 bits per heavy atom. The minimum Gasteiger partial charge on any atom is -0.384 e. The van der Waals surface area contributed by atoms with Crippen LogP contribution in [0.1, 0.15) is 21.7 Å². The maximum absolute atomic E-state index is 12.0. The van der Waals surface area contributed by atoms with Crippen LogP contribution in [0.25, 0.3) is 0 Å².